The predicted octanol–water partition coefficient (Wildman–Crippen LogP) is 2.07. The van der Waals surface area contributed by atoms with Crippen LogP contribution in [0.4, 0.5) is 0 Å². The molecule has 0 bridgehead atoms. The highest BCUT2D eigenvalue weighted by molar-refractivity contribution is 7.79. The standard InChI is InChI=1S/C9H10N2S/c1-7-3-2-4-11-5-8(6-12)10-9(7)11/h2-5,12H,6H2,1H3. The van der Waals surface area contributed by atoms with Crippen LogP contribution in [0, 0.1) is 6.92 Å². The fourth-order valence-corrected chi connectivity index (χ4v) is 1.43. The maximum Gasteiger partial charge on any atom is 0.139 e. The van der Waals surface area contributed by atoms with Gasteiger partial charge in [-0.05, 0) is 18.6 Å². The summed E-state index contributed by atoms with van der Waals surface area (Å²) >= 11 is 4.18. The van der Waals surface area contributed by atoms with Crippen molar-refractivity contribution in [1.82, 2.24) is 9.38 Å². The van der Waals surface area contributed by atoms with Gasteiger partial charge in [-0.2, -0.15) is 12.6 Å². The van der Waals surface area contributed by atoms with E-state index in [1.54, 1.807) is 0 Å². The molecule has 2 aromatic rings. The summed E-state index contributed by atoms with van der Waals surface area (Å²) in [6.07, 6.45) is 4.01. The number of aromatic nitrogens is 2. The average molecular weight is 178 g/mol. The highest BCUT2D eigenvalue weighted by Gasteiger charge is 2.00. The van der Waals surface area contributed by atoms with Crippen LogP contribution in [-0.2, 0) is 5.75 Å². The van der Waals surface area contributed by atoms with Crippen LogP contribution in [0.3, 0.4) is 0 Å². The minimum Gasteiger partial charge on any atom is -0.307 e. The lowest BCUT2D eigenvalue weighted by Crippen LogP contribution is -1.83. The molecular formula is C9H10N2S. The van der Waals surface area contributed by atoms with Gasteiger partial charge in [-0.1, -0.05) is 6.07 Å². The topological polar surface area (TPSA) is 17.3 Å². The molecule has 0 saturated heterocycles. The first-order valence-corrected chi connectivity index (χ1v) is 4.48. The molecule has 0 unspecified atom stereocenters. The number of hydrogen-bond acceptors (Lipinski definition) is 2. The summed E-state index contributed by atoms with van der Waals surface area (Å²) in [5, 5.41) is 0. The summed E-state index contributed by atoms with van der Waals surface area (Å²) in [6, 6.07) is 4.08. The first-order chi connectivity index (χ1) is 5.81. The molecule has 2 heterocycles. The van der Waals surface area contributed by atoms with Crippen LogP contribution in [0.2, 0.25) is 0 Å². The molecule has 0 aliphatic carbocycles. The van der Waals surface area contributed by atoms with Crippen LogP contribution in [0.1, 0.15) is 11.3 Å². The van der Waals surface area contributed by atoms with Crippen molar-refractivity contribution in [3.05, 3.63) is 35.8 Å². The normalized spacial score (nSPS) is 10.8. The molecule has 62 valence electrons. The first kappa shape index (κ1) is 7.68. The van der Waals surface area contributed by atoms with Crippen molar-refractivity contribution in [2.24, 2.45) is 0 Å². The van der Waals surface area contributed by atoms with Gasteiger partial charge in [0.2, 0.25) is 0 Å². The van der Waals surface area contributed by atoms with E-state index in [-0.39, 0.29) is 0 Å². The van der Waals surface area contributed by atoms with Gasteiger partial charge in [0.1, 0.15) is 5.65 Å². The largest absolute Gasteiger partial charge is 0.307 e. The van der Waals surface area contributed by atoms with Crippen molar-refractivity contribution in [2.75, 3.05) is 0 Å². The zero-order valence-corrected chi connectivity index (χ0v) is 7.75. The Kier molecular flexibility index (Phi) is 1.81. The number of hydrogen-bond donors (Lipinski definition) is 1. The highest BCUT2D eigenvalue weighted by Crippen LogP contribution is 2.10. The SMILES string of the molecule is Cc1cccn2cc(CS)nc12. The number of rotatable bonds is 1. The molecule has 0 saturated carbocycles. The molecule has 0 radical (unpaired) electrons. The zero-order chi connectivity index (χ0) is 8.55. The van der Waals surface area contributed by atoms with E-state index in [1.807, 2.05) is 22.9 Å². The van der Waals surface area contributed by atoms with Gasteiger partial charge in [-0.3, -0.25) is 0 Å². The molecule has 0 amide bonds. The smallest absolute Gasteiger partial charge is 0.139 e. The third kappa shape index (κ3) is 1.10. The summed E-state index contributed by atoms with van der Waals surface area (Å²) < 4.78 is 2.03. The van der Waals surface area contributed by atoms with Gasteiger partial charge < -0.3 is 4.40 Å². The van der Waals surface area contributed by atoms with Crippen molar-refractivity contribution < 1.29 is 0 Å². The summed E-state index contributed by atoms with van der Waals surface area (Å²) in [5.74, 6) is 0.696. The molecule has 0 N–H and O–H groups in total. The number of fused-ring (bicyclic) bond motifs is 1. The minimum atomic E-state index is 0.696. The van der Waals surface area contributed by atoms with Crippen LogP contribution in [0.25, 0.3) is 5.65 Å². The maximum absolute atomic E-state index is 4.42. The summed E-state index contributed by atoms with van der Waals surface area (Å²) in [6.45, 7) is 2.06. The molecule has 0 atom stereocenters. The third-order valence-electron chi connectivity index (χ3n) is 1.89. The second-order valence-corrected chi connectivity index (χ2v) is 3.13. The molecule has 0 aliphatic heterocycles. The average Bonchev–Trinajstić information content (AvgIpc) is 2.49. The molecule has 2 aromatic heterocycles. The van der Waals surface area contributed by atoms with Gasteiger partial charge in [0, 0.05) is 18.1 Å². The lowest BCUT2D eigenvalue weighted by molar-refractivity contribution is 1.16. The Morgan fingerprint density at radius 3 is 3.08 bits per heavy atom. The van der Waals surface area contributed by atoms with Gasteiger partial charge in [-0.15, -0.1) is 0 Å². The van der Waals surface area contributed by atoms with Crippen molar-refractivity contribution in [1.29, 1.82) is 0 Å². The van der Waals surface area contributed by atoms with Crippen molar-refractivity contribution in [3.63, 3.8) is 0 Å². The van der Waals surface area contributed by atoms with Crippen LogP contribution in [-0.4, -0.2) is 9.38 Å². The van der Waals surface area contributed by atoms with Gasteiger partial charge in [0.15, 0.2) is 0 Å². The van der Waals surface area contributed by atoms with Gasteiger partial charge >= 0.3 is 0 Å². The van der Waals surface area contributed by atoms with Crippen molar-refractivity contribution >= 4 is 18.3 Å². The molecule has 2 nitrogen and oxygen atoms in total. The van der Waals surface area contributed by atoms with Crippen molar-refractivity contribution in [3.8, 4) is 0 Å². The number of pyridine rings is 1. The number of aryl methyl sites for hydroxylation is 1. The van der Waals surface area contributed by atoms with Crippen molar-refractivity contribution in [2.45, 2.75) is 12.7 Å². The first-order valence-electron chi connectivity index (χ1n) is 3.85. The summed E-state index contributed by atoms with van der Waals surface area (Å²) in [7, 11) is 0. The number of imidazole rings is 1. The minimum absolute atomic E-state index is 0.696. The Labute approximate surface area is 76.7 Å². The Hall–Kier alpha value is -0.960. The van der Waals surface area contributed by atoms with Crippen LogP contribution in [0.15, 0.2) is 24.5 Å². The van der Waals surface area contributed by atoms with E-state index >= 15 is 0 Å². The van der Waals surface area contributed by atoms with Crippen LogP contribution < -0.4 is 0 Å². The maximum atomic E-state index is 4.42. The van der Waals surface area contributed by atoms with E-state index in [0.29, 0.717) is 5.75 Å². The Morgan fingerprint density at radius 1 is 1.58 bits per heavy atom. The Balaban J connectivity index is 2.74. The lowest BCUT2D eigenvalue weighted by Gasteiger charge is -1.93. The fourth-order valence-electron chi connectivity index (χ4n) is 1.28. The highest BCUT2D eigenvalue weighted by atomic mass is 32.1. The monoisotopic (exact) mass is 178 g/mol. The second-order valence-electron chi connectivity index (χ2n) is 2.81. The van der Waals surface area contributed by atoms with E-state index in [9.17, 15) is 0 Å². The Morgan fingerprint density at radius 2 is 2.42 bits per heavy atom. The quantitative estimate of drug-likeness (QED) is 0.662. The fraction of sp³-hybridized carbons (Fsp3) is 0.222. The van der Waals surface area contributed by atoms with Gasteiger partial charge in [0.05, 0.1) is 5.69 Å². The molecule has 0 spiro atoms. The Bertz CT molecular complexity index is 406. The van der Waals surface area contributed by atoms with Crippen LogP contribution >= 0.6 is 12.6 Å². The van der Waals surface area contributed by atoms with Crippen LogP contribution in [0.5, 0.6) is 0 Å². The molecule has 3 heteroatoms. The van der Waals surface area contributed by atoms with E-state index < -0.39 is 0 Å². The molecule has 0 aromatic carbocycles. The lowest BCUT2D eigenvalue weighted by atomic mass is 10.3. The second kappa shape index (κ2) is 2.83. The molecule has 0 aliphatic rings. The van der Waals surface area contributed by atoms with Gasteiger partial charge in [-0.25, -0.2) is 4.98 Å². The molecule has 2 rings (SSSR count). The summed E-state index contributed by atoms with van der Waals surface area (Å²) in [5.41, 5.74) is 3.25. The van der Waals surface area contributed by atoms with E-state index in [4.69, 9.17) is 0 Å². The molecular weight excluding hydrogens is 168 g/mol. The van der Waals surface area contributed by atoms with Gasteiger partial charge in [0.25, 0.3) is 0 Å². The van der Waals surface area contributed by atoms with E-state index in [1.165, 1.54) is 5.56 Å². The molecule has 0 fully saturated rings. The zero-order valence-electron chi connectivity index (χ0n) is 6.86. The van der Waals surface area contributed by atoms with E-state index in [2.05, 4.69) is 30.6 Å². The predicted molar refractivity (Wildman–Crippen MR) is 52.6 cm³/mol. The van der Waals surface area contributed by atoms with E-state index in [0.717, 1.165) is 11.3 Å². The number of nitrogens with zero attached hydrogens (tertiary/aromatic N) is 2. The molecule has 12 heavy (non-hydrogen) atoms. The number of thiol groups is 1. The summed E-state index contributed by atoms with van der Waals surface area (Å²) in [4.78, 5) is 4.42. The third-order valence-corrected chi connectivity index (χ3v) is 2.21.